The number of rotatable bonds is 12. The highest BCUT2D eigenvalue weighted by Crippen LogP contribution is 2.11. The second kappa shape index (κ2) is 19.8. The van der Waals surface area contributed by atoms with Crippen LogP contribution in [0.4, 0.5) is 0 Å². The van der Waals surface area contributed by atoms with Gasteiger partial charge in [0.1, 0.15) is 0 Å². The van der Waals surface area contributed by atoms with Crippen molar-refractivity contribution in [3.63, 3.8) is 0 Å². The van der Waals surface area contributed by atoms with Gasteiger partial charge in [-0.3, -0.25) is 0 Å². The Morgan fingerprint density at radius 1 is 0.789 bits per heavy atom. The Morgan fingerprint density at radius 2 is 1.11 bits per heavy atom. The summed E-state index contributed by atoms with van der Waals surface area (Å²) in [5.74, 6) is 1.75. The van der Waals surface area contributed by atoms with E-state index in [0.29, 0.717) is 0 Å². The molecule has 0 N–H and O–H groups in total. The van der Waals surface area contributed by atoms with Crippen LogP contribution in [0.2, 0.25) is 0 Å². The van der Waals surface area contributed by atoms with Gasteiger partial charge in [-0.2, -0.15) is 0 Å². The minimum atomic E-state index is 1.26. The summed E-state index contributed by atoms with van der Waals surface area (Å²) >= 11 is 0. The van der Waals surface area contributed by atoms with E-state index < -0.39 is 0 Å². The van der Waals surface area contributed by atoms with Gasteiger partial charge in [0.25, 0.3) is 0 Å². The molecule has 0 aliphatic rings. The number of hydrogen-bond donors (Lipinski definition) is 0. The minimum absolute atomic E-state index is 1.26. The van der Waals surface area contributed by atoms with E-state index in [9.17, 15) is 0 Å². The van der Waals surface area contributed by atoms with E-state index >= 15 is 0 Å². The van der Waals surface area contributed by atoms with Crippen LogP contribution in [0.3, 0.4) is 0 Å². The van der Waals surface area contributed by atoms with Crippen molar-refractivity contribution < 1.29 is 0 Å². The summed E-state index contributed by atoms with van der Waals surface area (Å²) < 4.78 is 0. The molecular weight excluding hydrogens is 231 g/mol. The molecule has 0 bridgehead atoms. The smallest absolute Gasteiger partial charge is 0.232 e. The zero-order valence-electron chi connectivity index (χ0n) is 13.9. The molecule has 0 radical (unpaired) electrons. The molecule has 0 aliphatic carbocycles. The number of hydrogen-bond acceptors (Lipinski definition) is 2. The minimum Gasteiger partial charge on any atom is -0.309 e. The van der Waals surface area contributed by atoms with Crippen molar-refractivity contribution in [3.05, 3.63) is 0 Å². The summed E-state index contributed by atoms with van der Waals surface area (Å²) in [6.07, 6.45) is 15.8. The van der Waals surface area contributed by atoms with E-state index in [-0.39, 0.29) is 0 Å². The van der Waals surface area contributed by atoms with Crippen LogP contribution < -0.4 is 0 Å². The van der Waals surface area contributed by atoms with Gasteiger partial charge in [-0.25, -0.2) is 5.26 Å². The molecule has 0 rings (SSSR count). The average molecular weight is 266 g/mol. The van der Waals surface area contributed by atoms with Gasteiger partial charge in [0, 0.05) is 0 Å². The lowest BCUT2D eigenvalue weighted by Gasteiger charge is -2.08. The molecule has 3 heteroatoms. The molecular formula is C16H35BN2. The quantitative estimate of drug-likeness (QED) is 0.395. The van der Waals surface area contributed by atoms with Crippen LogP contribution in [-0.2, 0) is 0 Å². The summed E-state index contributed by atoms with van der Waals surface area (Å²) in [6, 6.07) is 0. The molecule has 0 heterocycles. The van der Waals surface area contributed by atoms with Gasteiger partial charge in [0.15, 0.2) is 0 Å². The topological polar surface area (TPSA) is 27.0 Å². The fourth-order valence-corrected chi connectivity index (χ4v) is 2.09. The molecule has 2 nitrogen and oxygen atoms in total. The van der Waals surface area contributed by atoms with Gasteiger partial charge in [0.05, 0.1) is 0 Å². The van der Waals surface area contributed by atoms with E-state index in [1.54, 1.807) is 5.97 Å². The van der Waals surface area contributed by atoms with Gasteiger partial charge in [-0.15, -0.1) is 0 Å². The summed E-state index contributed by atoms with van der Waals surface area (Å²) in [6.45, 7) is 3.55. The van der Waals surface area contributed by atoms with Crippen LogP contribution in [0.15, 0.2) is 0 Å². The maximum Gasteiger partial charge on any atom is 0.232 e. The number of nitriles is 1. The predicted molar refractivity (Wildman–Crippen MR) is 89.2 cm³/mol. The first-order valence-electron chi connectivity index (χ1n) is 8.14. The summed E-state index contributed by atoms with van der Waals surface area (Å²) in [5.41, 5.74) is 0. The molecule has 0 unspecified atom stereocenters. The van der Waals surface area contributed by atoms with Gasteiger partial charge in [-0.05, 0) is 33.0 Å². The first-order valence-corrected chi connectivity index (χ1v) is 8.14. The zero-order valence-corrected chi connectivity index (χ0v) is 13.9. The number of unbranched alkanes of at least 4 members (excludes halogenated alkanes) is 10. The third-order valence-electron chi connectivity index (χ3n) is 3.21. The van der Waals surface area contributed by atoms with E-state index in [0.717, 1.165) is 0 Å². The summed E-state index contributed by atoms with van der Waals surface area (Å²) in [5, 5.41) is 7.32. The van der Waals surface area contributed by atoms with Crippen LogP contribution in [0, 0.1) is 11.2 Å². The van der Waals surface area contributed by atoms with Crippen molar-refractivity contribution in [1.82, 2.24) is 4.90 Å². The van der Waals surface area contributed by atoms with Gasteiger partial charge in [0.2, 0.25) is 7.85 Å². The van der Waals surface area contributed by atoms with Crippen LogP contribution in [0.5, 0.6) is 0 Å². The lowest BCUT2D eigenvalue weighted by Crippen LogP contribution is -2.12. The Kier molecular flexibility index (Phi) is 21.8. The lowest BCUT2D eigenvalue weighted by molar-refractivity contribution is 0.389. The average Bonchev–Trinajstić information content (AvgIpc) is 2.36. The van der Waals surface area contributed by atoms with Crippen LogP contribution in [-0.4, -0.2) is 33.4 Å². The standard InChI is InChI=1S/C15H33N.CH2BN/c1-4-5-6-7-8-9-10-11-12-13-14-15-16(2)3;2-1-3/h4-15H2,1-3H3;2H2. The van der Waals surface area contributed by atoms with Crippen molar-refractivity contribution in [2.24, 2.45) is 0 Å². The SMILES string of the molecule is BC#N.CCCCCCCCCCCCCN(C)C. The molecule has 0 aromatic heterocycles. The normalized spacial score (nSPS) is 9.84. The van der Waals surface area contributed by atoms with Gasteiger partial charge >= 0.3 is 0 Å². The van der Waals surface area contributed by atoms with Crippen molar-refractivity contribution in [2.75, 3.05) is 20.6 Å². The van der Waals surface area contributed by atoms with E-state index in [1.807, 2.05) is 0 Å². The molecule has 19 heavy (non-hydrogen) atoms. The van der Waals surface area contributed by atoms with Crippen molar-refractivity contribution in [1.29, 1.82) is 5.26 Å². The second-order valence-corrected chi connectivity index (χ2v) is 5.56. The molecule has 0 aromatic rings. The van der Waals surface area contributed by atoms with Gasteiger partial charge in [-0.1, -0.05) is 71.1 Å². The Bertz CT molecular complexity index is 188. The molecule has 112 valence electrons. The molecule has 0 aliphatic heterocycles. The lowest BCUT2D eigenvalue weighted by atomic mass is 10.1. The predicted octanol–water partition coefficient (Wildman–Crippen LogP) is 3.96. The molecule has 0 saturated heterocycles. The monoisotopic (exact) mass is 266 g/mol. The first kappa shape index (κ1) is 20.8. The Morgan fingerprint density at radius 3 is 1.42 bits per heavy atom. The highest BCUT2D eigenvalue weighted by Gasteiger charge is 1.93. The van der Waals surface area contributed by atoms with E-state index in [1.165, 1.54) is 85.0 Å². The molecule has 0 saturated carbocycles. The third kappa shape index (κ3) is 26.9. The van der Waals surface area contributed by atoms with Crippen LogP contribution >= 0.6 is 0 Å². The Balaban J connectivity index is 0. The summed E-state index contributed by atoms with van der Waals surface area (Å²) in [7, 11) is 5.76. The summed E-state index contributed by atoms with van der Waals surface area (Å²) in [4.78, 5) is 2.29. The van der Waals surface area contributed by atoms with Crippen molar-refractivity contribution in [2.45, 2.75) is 77.6 Å². The maximum atomic E-state index is 7.32. The molecule has 0 fully saturated rings. The van der Waals surface area contributed by atoms with Gasteiger partial charge < -0.3 is 4.90 Å². The molecule has 0 amide bonds. The second-order valence-electron chi connectivity index (χ2n) is 5.56. The maximum absolute atomic E-state index is 7.32. The number of nitrogens with zero attached hydrogens (tertiary/aromatic N) is 2. The molecule has 0 atom stereocenters. The highest BCUT2D eigenvalue weighted by molar-refractivity contribution is 6.20. The fraction of sp³-hybridized carbons (Fsp3) is 0.938. The Hall–Kier alpha value is -0.485. The Labute approximate surface area is 123 Å². The molecule has 0 spiro atoms. The van der Waals surface area contributed by atoms with Crippen LogP contribution in [0.1, 0.15) is 77.6 Å². The highest BCUT2D eigenvalue weighted by atomic mass is 15.0. The third-order valence-corrected chi connectivity index (χ3v) is 3.21. The zero-order chi connectivity index (χ0) is 14.8. The van der Waals surface area contributed by atoms with Crippen molar-refractivity contribution >= 4 is 7.85 Å². The fourth-order valence-electron chi connectivity index (χ4n) is 2.09. The van der Waals surface area contributed by atoms with E-state index in [4.69, 9.17) is 5.26 Å². The largest absolute Gasteiger partial charge is 0.309 e. The first-order chi connectivity index (χ1) is 9.18. The van der Waals surface area contributed by atoms with E-state index in [2.05, 4.69) is 25.9 Å². The molecule has 0 aromatic carbocycles. The van der Waals surface area contributed by atoms with Crippen LogP contribution in [0.25, 0.3) is 0 Å². The van der Waals surface area contributed by atoms with Crippen molar-refractivity contribution in [3.8, 4) is 5.97 Å².